The number of hydrogen-bond donors (Lipinski definition) is 0. The lowest BCUT2D eigenvalue weighted by Crippen LogP contribution is -2.18. The second-order valence-corrected chi connectivity index (χ2v) is 4.72. The van der Waals surface area contributed by atoms with E-state index in [1.54, 1.807) is 17.5 Å². The van der Waals surface area contributed by atoms with E-state index in [1.807, 2.05) is 23.4 Å². The standard InChI is InChI=1S/C12H13N3O2S/c1-15(8-9-4-3-5-18-9)11-7-13-6-10(14-11)12(16)17-2/h3-7H,8H2,1-2H3. The van der Waals surface area contributed by atoms with E-state index in [-0.39, 0.29) is 5.69 Å². The monoisotopic (exact) mass is 263 g/mol. The molecule has 0 amide bonds. The predicted molar refractivity (Wildman–Crippen MR) is 69.8 cm³/mol. The first-order chi connectivity index (χ1) is 8.70. The van der Waals surface area contributed by atoms with E-state index >= 15 is 0 Å². The maximum absolute atomic E-state index is 11.4. The van der Waals surface area contributed by atoms with Gasteiger partial charge in [-0.05, 0) is 11.4 Å². The van der Waals surface area contributed by atoms with E-state index in [0.717, 1.165) is 6.54 Å². The molecule has 2 aromatic rings. The zero-order valence-electron chi connectivity index (χ0n) is 10.2. The van der Waals surface area contributed by atoms with Gasteiger partial charge < -0.3 is 9.64 Å². The van der Waals surface area contributed by atoms with Crippen LogP contribution in [-0.2, 0) is 11.3 Å². The molecule has 0 aliphatic carbocycles. The van der Waals surface area contributed by atoms with Gasteiger partial charge in [-0.1, -0.05) is 6.07 Å². The predicted octanol–water partition coefficient (Wildman–Crippen LogP) is 1.96. The van der Waals surface area contributed by atoms with Crippen molar-refractivity contribution in [2.45, 2.75) is 6.54 Å². The van der Waals surface area contributed by atoms with Crippen LogP contribution >= 0.6 is 11.3 Å². The first-order valence-corrected chi connectivity index (χ1v) is 6.22. The normalized spacial score (nSPS) is 10.1. The summed E-state index contributed by atoms with van der Waals surface area (Å²) in [5.41, 5.74) is 0.216. The molecule has 0 saturated carbocycles. The highest BCUT2D eigenvalue weighted by molar-refractivity contribution is 7.09. The van der Waals surface area contributed by atoms with Crippen molar-refractivity contribution in [3.63, 3.8) is 0 Å². The van der Waals surface area contributed by atoms with Crippen molar-refractivity contribution in [1.82, 2.24) is 9.97 Å². The number of methoxy groups -OCH3 is 1. The molecule has 0 spiro atoms. The Bertz CT molecular complexity index is 528. The van der Waals surface area contributed by atoms with Gasteiger partial charge in [0.05, 0.1) is 26.0 Å². The molecule has 0 saturated heterocycles. The second-order valence-electron chi connectivity index (χ2n) is 3.69. The lowest BCUT2D eigenvalue weighted by Gasteiger charge is -2.16. The van der Waals surface area contributed by atoms with Crippen molar-refractivity contribution in [3.05, 3.63) is 40.5 Å². The Morgan fingerprint density at radius 2 is 2.33 bits per heavy atom. The van der Waals surface area contributed by atoms with Crippen molar-refractivity contribution >= 4 is 23.1 Å². The molecule has 0 fully saturated rings. The van der Waals surface area contributed by atoms with Crippen molar-refractivity contribution in [3.8, 4) is 0 Å². The second kappa shape index (κ2) is 5.59. The maximum Gasteiger partial charge on any atom is 0.358 e. The quantitative estimate of drug-likeness (QED) is 0.789. The average Bonchev–Trinajstić information content (AvgIpc) is 2.90. The number of anilines is 1. The fourth-order valence-corrected chi connectivity index (χ4v) is 2.22. The molecule has 0 aliphatic rings. The summed E-state index contributed by atoms with van der Waals surface area (Å²) in [5.74, 6) is 0.167. The molecule has 0 aliphatic heterocycles. The molecule has 18 heavy (non-hydrogen) atoms. The van der Waals surface area contributed by atoms with Crippen LogP contribution in [0.25, 0.3) is 0 Å². The average molecular weight is 263 g/mol. The number of rotatable bonds is 4. The molecule has 94 valence electrons. The van der Waals surface area contributed by atoms with Gasteiger partial charge in [-0.3, -0.25) is 4.98 Å². The summed E-state index contributed by atoms with van der Waals surface area (Å²) in [6.07, 6.45) is 3.02. The lowest BCUT2D eigenvalue weighted by atomic mass is 10.4. The highest BCUT2D eigenvalue weighted by Gasteiger charge is 2.11. The number of thiophene rings is 1. The first kappa shape index (κ1) is 12.5. The topological polar surface area (TPSA) is 55.3 Å². The molecule has 2 aromatic heterocycles. The fourth-order valence-electron chi connectivity index (χ4n) is 1.46. The van der Waals surface area contributed by atoms with Gasteiger partial charge in [-0.2, -0.15) is 0 Å². The Labute approximate surface area is 109 Å². The van der Waals surface area contributed by atoms with E-state index < -0.39 is 5.97 Å². The van der Waals surface area contributed by atoms with Gasteiger partial charge in [0.15, 0.2) is 5.69 Å². The van der Waals surface area contributed by atoms with E-state index in [0.29, 0.717) is 5.82 Å². The molecular weight excluding hydrogens is 250 g/mol. The summed E-state index contributed by atoms with van der Waals surface area (Å²) in [6, 6.07) is 4.06. The number of nitrogens with zero attached hydrogens (tertiary/aromatic N) is 3. The first-order valence-electron chi connectivity index (χ1n) is 5.34. The van der Waals surface area contributed by atoms with Crippen LogP contribution in [0.15, 0.2) is 29.9 Å². The van der Waals surface area contributed by atoms with Gasteiger partial charge in [0.1, 0.15) is 5.82 Å². The third-order valence-corrected chi connectivity index (χ3v) is 3.24. The molecule has 0 aromatic carbocycles. The largest absolute Gasteiger partial charge is 0.464 e. The minimum atomic E-state index is -0.478. The number of aromatic nitrogens is 2. The minimum Gasteiger partial charge on any atom is -0.464 e. The number of carbonyl (C=O) groups excluding carboxylic acids is 1. The highest BCUT2D eigenvalue weighted by atomic mass is 32.1. The molecule has 0 bridgehead atoms. The third-order valence-electron chi connectivity index (χ3n) is 2.38. The lowest BCUT2D eigenvalue weighted by molar-refractivity contribution is 0.0593. The fraction of sp³-hybridized carbons (Fsp3) is 0.250. The van der Waals surface area contributed by atoms with Crippen LogP contribution < -0.4 is 4.90 Å². The zero-order chi connectivity index (χ0) is 13.0. The molecule has 2 heterocycles. The van der Waals surface area contributed by atoms with E-state index in [2.05, 4.69) is 20.8 Å². The maximum atomic E-state index is 11.4. The summed E-state index contributed by atoms with van der Waals surface area (Å²) in [5, 5.41) is 2.03. The summed E-state index contributed by atoms with van der Waals surface area (Å²) >= 11 is 1.68. The molecule has 5 nitrogen and oxygen atoms in total. The van der Waals surface area contributed by atoms with Gasteiger partial charge in [-0.15, -0.1) is 11.3 Å². The Kier molecular flexibility index (Phi) is 3.88. The van der Waals surface area contributed by atoms with Crippen LogP contribution in [0.3, 0.4) is 0 Å². The van der Waals surface area contributed by atoms with E-state index in [9.17, 15) is 4.79 Å². The SMILES string of the molecule is COC(=O)c1cncc(N(C)Cc2cccs2)n1. The highest BCUT2D eigenvalue weighted by Crippen LogP contribution is 2.15. The van der Waals surface area contributed by atoms with Gasteiger partial charge in [0.25, 0.3) is 0 Å². The van der Waals surface area contributed by atoms with E-state index in [4.69, 9.17) is 0 Å². The van der Waals surface area contributed by atoms with Crippen LogP contribution in [0.4, 0.5) is 5.82 Å². The third kappa shape index (κ3) is 2.84. The molecule has 0 unspecified atom stereocenters. The molecule has 6 heteroatoms. The summed E-state index contributed by atoms with van der Waals surface area (Å²) in [7, 11) is 3.23. The van der Waals surface area contributed by atoms with Crippen molar-refractivity contribution in [2.75, 3.05) is 19.1 Å². The summed E-state index contributed by atoms with van der Waals surface area (Å²) in [4.78, 5) is 22.7. The Balaban J connectivity index is 2.15. The van der Waals surface area contributed by atoms with Crippen LogP contribution in [-0.4, -0.2) is 30.1 Å². The van der Waals surface area contributed by atoms with Crippen LogP contribution in [0.5, 0.6) is 0 Å². The molecule has 0 radical (unpaired) electrons. The van der Waals surface area contributed by atoms with Crippen LogP contribution in [0.2, 0.25) is 0 Å². The Hall–Kier alpha value is -1.95. The van der Waals surface area contributed by atoms with Gasteiger partial charge in [-0.25, -0.2) is 9.78 Å². The smallest absolute Gasteiger partial charge is 0.358 e. The van der Waals surface area contributed by atoms with E-state index in [1.165, 1.54) is 18.2 Å². The van der Waals surface area contributed by atoms with Crippen molar-refractivity contribution < 1.29 is 9.53 Å². The number of esters is 1. The number of carbonyl (C=O) groups is 1. The Morgan fingerprint density at radius 1 is 1.50 bits per heavy atom. The zero-order valence-corrected chi connectivity index (χ0v) is 11.0. The molecule has 2 rings (SSSR count). The minimum absolute atomic E-state index is 0.216. The number of hydrogen-bond acceptors (Lipinski definition) is 6. The summed E-state index contributed by atoms with van der Waals surface area (Å²) in [6.45, 7) is 0.733. The molecular formula is C12H13N3O2S. The van der Waals surface area contributed by atoms with Crippen LogP contribution in [0, 0.1) is 0 Å². The van der Waals surface area contributed by atoms with Crippen LogP contribution in [0.1, 0.15) is 15.4 Å². The molecule has 0 N–H and O–H groups in total. The Morgan fingerprint density at radius 3 is 3.00 bits per heavy atom. The van der Waals surface area contributed by atoms with Gasteiger partial charge >= 0.3 is 5.97 Å². The van der Waals surface area contributed by atoms with Gasteiger partial charge in [0, 0.05) is 11.9 Å². The molecule has 0 atom stereocenters. The summed E-state index contributed by atoms with van der Waals surface area (Å²) < 4.78 is 4.62. The van der Waals surface area contributed by atoms with Gasteiger partial charge in [0.2, 0.25) is 0 Å². The van der Waals surface area contributed by atoms with Crippen molar-refractivity contribution in [1.29, 1.82) is 0 Å². The number of ether oxygens (including phenoxy) is 1. The van der Waals surface area contributed by atoms with Crippen molar-refractivity contribution in [2.24, 2.45) is 0 Å².